The highest BCUT2D eigenvalue weighted by Crippen LogP contribution is 2.26. The third-order valence-electron chi connectivity index (χ3n) is 2.82. The van der Waals surface area contributed by atoms with Crippen molar-refractivity contribution < 1.29 is 13.5 Å². The molecule has 0 saturated heterocycles. The Morgan fingerprint density at radius 2 is 2.20 bits per heavy atom. The van der Waals surface area contributed by atoms with Crippen molar-refractivity contribution in [2.45, 2.75) is 20.4 Å². The Morgan fingerprint density at radius 3 is 2.90 bits per heavy atom. The zero-order valence-electron chi connectivity index (χ0n) is 11.9. The van der Waals surface area contributed by atoms with Gasteiger partial charge in [-0.3, -0.25) is 0 Å². The van der Waals surface area contributed by atoms with Crippen molar-refractivity contribution in [2.75, 3.05) is 13.7 Å². The molecular formula is C15H19FN2O2. The Labute approximate surface area is 118 Å². The van der Waals surface area contributed by atoms with E-state index in [1.54, 1.807) is 18.3 Å². The minimum Gasteiger partial charge on any atom is -0.494 e. The van der Waals surface area contributed by atoms with E-state index in [0.717, 1.165) is 12.1 Å². The van der Waals surface area contributed by atoms with Gasteiger partial charge in [0.15, 0.2) is 17.3 Å². The molecule has 0 aliphatic carbocycles. The van der Waals surface area contributed by atoms with Crippen LogP contribution in [0, 0.1) is 11.7 Å². The molecule has 0 aliphatic heterocycles. The molecule has 1 heterocycles. The van der Waals surface area contributed by atoms with Crippen molar-refractivity contribution >= 4 is 0 Å². The maximum atomic E-state index is 13.4. The maximum absolute atomic E-state index is 13.4. The van der Waals surface area contributed by atoms with Crippen LogP contribution in [0.1, 0.15) is 19.7 Å². The second-order valence-corrected chi connectivity index (χ2v) is 4.99. The summed E-state index contributed by atoms with van der Waals surface area (Å²) >= 11 is 0. The number of methoxy groups -OCH3 is 1. The van der Waals surface area contributed by atoms with Gasteiger partial charge in [0.2, 0.25) is 5.89 Å². The van der Waals surface area contributed by atoms with Crippen molar-refractivity contribution in [3.8, 4) is 17.1 Å². The minimum absolute atomic E-state index is 0.193. The first-order valence-electron chi connectivity index (χ1n) is 6.59. The van der Waals surface area contributed by atoms with Gasteiger partial charge in [0.25, 0.3) is 0 Å². The predicted octanol–water partition coefficient (Wildman–Crippen LogP) is 3.23. The largest absolute Gasteiger partial charge is 0.494 e. The summed E-state index contributed by atoms with van der Waals surface area (Å²) in [6.45, 7) is 5.76. The third kappa shape index (κ3) is 3.57. The molecule has 0 unspecified atom stereocenters. The van der Waals surface area contributed by atoms with E-state index in [0.29, 0.717) is 24.1 Å². The second-order valence-electron chi connectivity index (χ2n) is 4.99. The number of ether oxygens (including phenoxy) is 1. The minimum atomic E-state index is -0.394. The highest BCUT2D eigenvalue weighted by Gasteiger charge is 2.10. The van der Waals surface area contributed by atoms with Crippen LogP contribution in [-0.2, 0) is 6.54 Å². The standard InChI is InChI=1S/C15H19FN2O2/c1-10(2)7-17-9-15-18-8-14(20-15)11-4-5-12(16)13(6-11)19-3/h4-6,8,10,17H,7,9H2,1-3H3. The van der Waals surface area contributed by atoms with Crippen molar-refractivity contribution in [3.63, 3.8) is 0 Å². The molecule has 1 aromatic heterocycles. The number of hydrogen-bond acceptors (Lipinski definition) is 4. The Bertz CT molecular complexity index is 567. The number of rotatable bonds is 6. The molecule has 0 saturated carbocycles. The first kappa shape index (κ1) is 14.5. The fourth-order valence-electron chi connectivity index (χ4n) is 1.81. The van der Waals surface area contributed by atoms with Gasteiger partial charge in [-0.05, 0) is 30.7 Å². The topological polar surface area (TPSA) is 47.3 Å². The number of aromatic nitrogens is 1. The fraction of sp³-hybridized carbons (Fsp3) is 0.400. The number of nitrogens with zero attached hydrogens (tertiary/aromatic N) is 1. The van der Waals surface area contributed by atoms with Crippen molar-refractivity contribution in [1.82, 2.24) is 10.3 Å². The van der Waals surface area contributed by atoms with Gasteiger partial charge in [0, 0.05) is 5.56 Å². The lowest BCUT2D eigenvalue weighted by Gasteiger charge is -2.05. The third-order valence-corrected chi connectivity index (χ3v) is 2.82. The lowest BCUT2D eigenvalue weighted by Crippen LogP contribution is -2.18. The molecule has 4 nitrogen and oxygen atoms in total. The summed E-state index contributed by atoms with van der Waals surface area (Å²) in [5, 5.41) is 3.26. The van der Waals surface area contributed by atoms with Crippen LogP contribution in [0.5, 0.6) is 5.75 Å². The summed E-state index contributed by atoms with van der Waals surface area (Å²) in [6, 6.07) is 4.60. The van der Waals surface area contributed by atoms with Crippen LogP contribution in [0.15, 0.2) is 28.8 Å². The van der Waals surface area contributed by atoms with Crippen LogP contribution < -0.4 is 10.1 Å². The number of nitrogens with one attached hydrogen (secondary N) is 1. The van der Waals surface area contributed by atoms with E-state index in [1.807, 2.05) is 0 Å². The molecule has 2 aromatic rings. The van der Waals surface area contributed by atoms with E-state index in [4.69, 9.17) is 9.15 Å². The average molecular weight is 278 g/mol. The Morgan fingerprint density at radius 1 is 1.40 bits per heavy atom. The maximum Gasteiger partial charge on any atom is 0.208 e. The molecule has 1 N–H and O–H groups in total. The molecule has 20 heavy (non-hydrogen) atoms. The normalized spacial score (nSPS) is 11.1. The molecular weight excluding hydrogens is 259 g/mol. The summed E-state index contributed by atoms with van der Waals surface area (Å²) in [5.74, 6) is 1.59. The molecule has 5 heteroatoms. The van der Waals surface area contributed by atoms with E-state index >= 15 is 0 Å². The van der Waals surface area contributed by atoms with E-state index in [9.17, 15) is 4.39 Å². The summed E-state index contributed by atoms with van der Waals surface area (Å²) in [7, 11) is 1.43. The zero-order chi connectivity index (χ0) is 14.5. The molecule has 1 aromatic carbocycles. The van der Waals surface area contributed by atoms with Crippen molar-refractivity contribution in [3.05, 3.63) is 36.1 Å². The molecule has 0 fully saturated rings. The molecule has 0 atom stereocenters. The summed E-state index contributed by atoms with van der Waals surface area (Å²) < 4.78 is 23.9. The molecule has 0 bridgehead atoms. The Hall–Kier alpha value is -1.88. The fourth-order valence-corrected chi connectivity index (χ4v) is 1.81. The van der Waals surface area contributed by atoms with Crippen LogP contribution in [0.4, 0.5) is 4.39 Å². The number of oxazole rings is 1. The van der Waals surface area contributed by atoms with E-state index < -0.39 is 5.82 Å². The van der Waals surface area contributed by atoms with Crippen LogP contribution in [0.3, 0.4) is 0 Å². The Kier molecular flexibility index (Phi) is 4.74. The molecule has 108 valence electrons. The van der Waals surface area contributed by atoms with Crippen molar-refractivity contribution in [1.29, 1.82) is 0 Å². The monoisotopic (exact) mass is 278 g/mol. The first-order chi connectivity index (χ1) is 9.60. The summed E-state index contributed by atoms with van der Waals surface area (Å²) in [4.78, 5) is 4.20. The summed E-state index contributed by atoms with van der Waals surface area (Å²) in [6.07, 6.45) is 1.64. The van der Waals surface area contributed by atoms with Crippen molar-refractivity contribution in [2.24, 2.45) is 5.92 Å². The lowest BCUT2D eigenvalue weighted by molar-refractivity contribution is 0.386. The Balaban J connectivity index is 2.08. The zero-order valence-corrected chi connectivity index (χ0v) is 11.9. The SMILES string of the molecule is COc1cc(-c2cnc(CNCC(C)C)o2)ccc1F. The van der Waals surface area contributed by atoms with Gasteiger partial charge in [0.1, 0.15) is 0 Å². The van der Waals surface area contributed by atoms with E-state index in [1.165, 1.54) is 13.2 Å². The van der Waals surface area contributed by atoms with E-state index in [-0.39, 0.29) is 5.75 Å². The molecule has 2 rings (SSSR count). The van der Waals surface area contributed by atoms with Gasteiger partial charge in [-0.15, -0.1) is 0 Å². The number of hydrogen-bond donors (Lipinski definition) is 1. The first-order valence-corrected chi connectivity index (χ1v) is 6.59. The lowest BCUT2D eigenvalue weighted by atomic mass is 10.2. The van der Waals surface area contributed by atoms with Gasteiger partial charge < -0.3 is 14.5 Å². The average Bonchev–Trinajstić information content (AvgIpc) is 2.87. The second kappa shape index (κ2) is 6.52. The molecule has 0 aliphatic rings. The smallest absolute Gasteiger partial charge is 0.208 e. The van der Waals surface area contributed by atoms with Gasteiger partial charge in [-0.25, -0.2) is 9.37 Å². The van der Waals surface area contributed by atoms with Gasteiger partial charge in [0.05, 0.1) is 19.9 Å². The highest BCUT2D eigenvalue weighted by molar-refractivity contribution is 5.59. The number of benzene rings is 1. The molecule has 0 amide bonds. The van der Waals surface area contributed by atoms with Crippen LogP contribution in [-0.4, -0.2) is 18.6 Å². The summed E-state index contributed by atoms with van der Waals surface area (Å²) in [5.41, 5.74) is 0.742. The predicted molar refractivity (Wildman–Crippen MR) is 75.0 cm³/mol. The van der Waals surface area contributed by atoms with Crippen LogP contribution >= 0.6 is 0 Å². The van der Waals surface area contributed by atoms with E-state index in [2.05, 4.69) is 24.1 Å². The van der Waals surface area contributed by atoms with Gasteiger partial charge in [-0.2, -0.15) is 0 Å². The van der Waals surface area contributed by atoms with Crippen LogP contribution in [0.2, 0.25) is 0 Å². The number of halogens is 1. The van der Waals surface area contributed by atoms with Gasteiger partial charge >= 0.3 is 0 Å². The highest BCUT2D eigenvalue weighted by atomic mass is 19.1. The quantitative estimate of drug-likeness (QED) is 0.881. The van der Waals surface area contributed by atoms with Gasteiger partial charge in [-0.1, -0.05) is 13.8 Å². The van der Waals surface area contributed by atoms with Crippen LogP contribution in [0.25, 0.3) is 11.3 Å². The molecule has 0 radical (unpaired) electrons. The molecule has 0 spiro atoms.